The molecule has 0 amide bonds. The molecular weight excluding hydrogens is 400 g/mol. The van der Waals surface area contributed by atoms with Gasteiger partial charge in [0.25, 0.3) is 0 Å². The molecule has 0 saturated carbocycles. The molecule has 0 aliphatic carbocycles. The first-order valence-corrected chi connectivity index (χ1v) is 11.2. The van der Waals surface area contributed by atoms with Crippen molar-refractivity contribution in [3.63, 3.8) is 0 Å². The molecule has 0 fully saturated rings. The van der Waals surface area contributed by atoms with Crippen molar-refractivity contribution in [2.24, 2.45) is 5.10 Å². The van der Waals surface area contributed by atoms with Gasteiger partial charge < -0.3 is 0 Å². The van der Waals surface area contributed by atoms with Crippen molar-refractivity contribution < 1.29 is 0 Å². The number of rotatable bonds is 7. The van der Waals surface area contributed by atoms with E-state index in [2.05, 4.69) is 62.2 Å². The Morgan fingerprint density at radius 3 is 2.34 bits per heavy atom. The highest BCUT2D eigenvalue weighted by molar-refractivity contribution is 7.98. The molecule has 0 radical (unpaired) electrons. The molecule has 3 aromatic rings. The minimum Gasteiger partial charge on any atom is -0.191 e. The molecule has 0 spiro atoms. The molecule has 6 heteroatoms. The van der Waals surface area contributed by atoms with Crippen molar-refractivity contribution in [2.45, 2.75) is 56.9 Å². The van der Waals surface area contributed by atoms with E-state index in [-0.39, 0.29) is 5.41 Å². The summed E-state index contributed by atoms with van der Waals surface area (Å²) in [4.78, 5) is 0. The van der Waals surface area contributed by atoms with Crippen molar-refractivity contribution in [2.75, 3.05) is 0 Å². The largest absolute Gasteiger partial charge is 0.212 e. The smallest absolute Gasteiger partial charge is 0.191 e. The lowest BCUT2D eigenvalue weighted by molar-refractivity contribution is 0.590. The zero-order valence-electron chi connectivity index (χ0n) is 17.4. The normalized spacial score (nSPS) is 12.0. The molecule has 1 heterocycles. The maximum Gasteiger partial charge on any atom is 0.212 e. The fraction of sp³-hybridized carbons (Fsp3) is 0.348. The Hall–Kier alpha value is -2.11. The molecule has 0 unspecified atom stereocenters. The van der Waals surface area contributed by atoms with Crippen LogP contribution < -0.4 is 0 Å². The van der Waals surface area contributed by atoms with Gasteiger partial charge in [-0.2, -0.15) is 9.78 Å². The third kappa shape index (κ3) is 5.94. The molecule has 0 aliphatic rings. The first-order valence-electron chi connectivity index (χ1n) is 9.83. The van der Waals surface area contributed by atoms with Crippen LogP contribution in [0, 0.1) is 0 Å². The van der Waals surface area contributed by atoms with Gasteiger partial charge in [-0.25, -0.2) is 0 Å². The molecule has 2 aromatic carbocycles. The van der Waals surface area contributed by atoms with Crippen LogP contribution in [0.4, 0.5) is 0 Å². The van der Waals surface area contributed by atoms with E-state index in [4.69, 9.17) is 16.7 Å². The second-order valence-electron chi connectivity index (χ2n) is 7.99. The van der Waals surface area contributed by atoms with E-state index < -0.39 is 0 Å². The molecule has 0 N–H and O–H groups in total. The average Bonchev–Trinajstić information content (AvgIpc) is 3.07. The van der Waals surface area contributed by atoms with Gasteiger partial charge in [0.15, 0.2) is 5.82 Å². The second kappa shape index (κ2) is 9.59. The predicted octanol–water partition coefficient (Wildman–Crippen LogP) is 6.36. The molecule has 29 heavy (non-hydrogen) atoms. The Bertz CT molecular complexity index is 954. The minimum atomic E-state index is 0.143. The summed E-state index contributed by atoms with van der Waals surface area (Å²) in [6.45, 7) is 8.78. The predicted molar refractivity (Wildman–Crippen MR) is 123 cm³/mol. The van der Waals surface area contributed by atoms with E-state index in [0.717, 1.165) is 40.2 Å². The molecule has 1 aromatic heterocycles. The zero-order chi connectivity index (χ0) is 20.9. The van der Waals surface area contributed by atoms with E-state index in [0.29, 0.717) is 0 Å². The van der Waals surface area contributed by atoms with Crippen LogP contribution in [0.15, 0.2) is 58.8 Å². The van der Waals surface area contributed by atoms with Crippen LogP contribution >= 0.6 is 23.4 Å². The molecule has 152 valence electrons. The zero-order valence-corrected chi connectivity index (χ0v) is 19.0. The van der Waals surface area contributed by atoms with Gasteiger partial charge in [0.05, 0.1) is 6.21 Å². The van der Waals surface area contributed by atoms with Crippen LogP contribution in [0.2, 0.25) is 5.02 Å². The summed E-state index contributed by atoms with van der Waals surface area (Å²) in [6, 6.07) is 16.4. The SMILES string of the molecule is CCCc1nnc(SCc2ccc(Cl)cc2)n1/N=C/c1ccc(C(C)(C)C)cc1. The molecular formula is C23H27ClN4S. The molecule has 4 nitrogen and oxygen atoms in total. The van der Waals surface area contributed by atoms with Gasteiger partial charge >= 0.3 is 0 Å². The van der Waals surface area contributed by atoms with E-state index >= 15 is 0 Å². The molecule has 0 saturated heterocycles. The number of halogens is 1. The van der Waals surface area contributed by atoms with Gasteiger partial charge in [-0.3, -0.25) is 0 Å². The standard InChI is InChI=1S/C23H27ClN4S/c1-5-6-21-26-27-22(29-16-18-9-13-20(24)14-10-18)28(21)25-15-17-7-11-19(12-8-17)23(2,3)4/h7-15H,5-6,16H2,1-4H3/b25-15+. The van der Waals surface area contributed by atoms with Crippen molar-refractivity contribution in [3.05, 3.63) is 76.1 Å². The summed E-state index contributed by atoms with van der Waals surface area (Å²) in [5.74, 6) is 1.67. The van der Waals surface area contributed by atoms with Gasteiger partial charge in [0.1, 0.15) is 0 Å². The van der Waals surface area contributed by atoms with Crippen molar-refractivity contribution in [3.8, 4) is 0 Å². The summed E-state index contributed by atoms with van der Waals surface area (Å²) in [5.41, 5.74) is 3.70. The summed E-state index contributed by atoms with van der Waals surface area (Å²) in [7, 11) is 0. The maximum atomic E-state index is 5.97. The van der Waals surface area contributed by atoms with Gasteiger partial charge in [0, 0.05) is 17.2 Å². The second-order valence-corrected chi connectivity index (χ2v) is 9.37. The summed E-state index contributed by atoms with van der Waals surface area (Å²) >= 11 is 7.60. The van der Waals surface area contributed by atoms with E-state index in [9.17, 15) is 0 Å². The number of nitrogens with zero attached hydrogens (tertiary/aromatic N) is 4. The quantitative estimate of drug-likeness (QED) is 0.326. The summed E-state index contributed by atoms with van der Waals surface area (Å²) < 4.78 is 1.86. The number of thioether (sulfide) groups is 1. The number of hydrogen-bond acceptors (Lipinski definition) is 4. The highest BCUT2D eigenvalue weighted by atomic mass is 35.5. The highest BCUT2D eigenvalue weighted by Crippen LogP contribution is 2.24. The first kappa shape index (κ1) is 21.6. The maximum absolute atomic E-state index is 5.97. The fourth-order valence-corrected chi connectivity index (χ4v) is 3.79. The highest BCUT2D eigenvalue weighted by Gasteiger charge is 2.13. The summed E-state index contributed by atoms with van der Waals surface area (Å²) in [5, 5.41) is 15.0. The lowest BCUT2D eigenvalue weighted by atomic mass is 9.87. The Morgan fingerprint density at radius 2 is 1.72 bits per heavy atom. The Morgan fingerprint density at radius 1 is 1.03 bits per heavy atom. The van der Waals surface area contributed by atoms with E-state index in [1.54, 1.807) is 11.8 Å². The Kier molecular flexibility index (Phi) is 7.14. The third-order valence-electron chi connectivity index (χ3n) is 4.53. The average molecular weight is 427 g/mol. The van der Waals surface area contributed by atoms with Crippen LogP contribution in [0.25, 0.3) is 0 Å². The van der Waals surface area contributed by atoms with Gasteiger partial charge in [-0.05, 0) is 40.7 Å². The van der Waals surface area contributed by atoms with Crippen molar-refractivity contribution >= 4 is 29.6 Å². The molecule has 3 rings (SSSR count). The van der Waals surface area contributed by atoms with Crippen LogP contribution in [0.5, 0.6) is 0 Å². The van der Waals surface area contributed by atoms with Crippen molar-refractivity contribution in [1.82, 2.24) is 14.9 Å². The van der Waals surface area contributed by atoms with Crippen LogP contribution in [-0.4, -0.2) is 21.1 Å². The Balaban J connectivity index is 1.78. The lowest BCUT2D eigenvalue weighted by Crippen LogP contribution is -2.10. The van der Waals surface area contributed by atoms with Gasteiger partial charge in [0.2, 0.25) is 5.16 Å². The Labute approximate surface area is 182 Å². The van der Waals surface area contributed by atoms with Gasteiger partial charge in [-0.15, -0.1) is 10.2 Å². The minimum absolute atomic E-state index is 0.143. The topological polar surface area (TPSA) is 43.1 Å². The van der Waals surface area contributed by atoms with Gasteiger partial charge in [-0.1, -0.05) is 87.5 Å². The van der Waals surface area contributed by atoms with Crippen molar-refractivity contribution in [1.29, 1.82) is 0 Å². The number of hydrogen-bond donors (Lipinski definition) is 0. The molecule has 0 aliphatic heterocycles. The number of aryl methyl sites for hydroxylation is 1. The number of benzene rings is 2. The van der Waals surface area contributed by atoms with E-state index in [1.165, 1.54) is 11.1 Å². The molecule has 0 bridgehead atoms. The lowest BCUT2D eigenvalue weighted by Gasteiger charge is -2.18. The number of aromatic nitrogens is 3. The van der Waals surface area contributed by atoms with Crippen LogP contribution in [0.1, 0.15) is 56.6 Å². The third-order valence-corrected chi connectivity index (χ3v) is 5.77. The monoisotopic (exact) mass is 426 g/mol. The summed E-state index contributed by atoms with van der Waals surface area (Å²) in [6.07, 6.45) is 3.71. The molecule has 0 atom stereocenters. The van der Waals surface area contributed by atoms with Crippen LogP contribution in [0.3, 0.4) is 0 Å². The van der Waals surface area contributed by atoms with Crippen LogP contribution in [-0.2, 0) is 17.6 Å². The fourth-order valence-electron chi connectivity index (χ4n) is 2.80. The first-order chi connectivity index (χ1) is 13.9. The van der Waals surface area contributed by atoms with E-state index in [1.807, 2.05) is 35.2 Å².